The summed E-state index contributed by atoms with van der Waals surface area (Å²) in [4.78, 5) is 10.3. The molecule has 0 aliphatic carbocycles. The molecule has 14 heavy (non-hydrogen) atoms. The monoisotopic (exact) mass is 192 g/mol. The average Bonchev–Trinajstić information content (AvgIpc) is 2.17. The van der Waals surface area contributed by atoms with Gasteiger partial charge in [-0.15, -0.1) is 0 Å². The molecule has 0 saturated carbocycles. The highest BCUT2D eigenvalue weighted by Crippen LogP contribution is 2.19. The minimum Gasteiger partial charge on any atom is -0.493 e. The largest absolute Gasteiger partial charge is 0.493 e. The van der Waals surface area contributed by atoms with Gasteiger partial charge in [0.15, 0.2) is 0 Å². The van der Waals surface area contributed by atoms with E-state index in [-0.39, 0.29) is 0 Å². The molecule has 1 aromatic rings. The van der Waals surface area contributed by atoms with E-state index in [9.17, 15) is 4.79 Å². The van der Waals surface area contributed by atoms with Gasteiger partial charge in [-0.25, -0.2) is 4.79 Å². The summed E-state index contributed by atoms with van der Waals surface area (Å²) in [6, 6.07) is 7.31. The maximum atomic E-state index is 10.3. The topological polar surface area (TPSA) is 46.5 Å². The number of para-hydroxylation sites is 1. The van der Waals surface area contributed by atoms with E-state index in [0.29, 0.717) is 12.4 Å². The Hall–Kier alpha value is -1.77. The van der Waals surface area contributed by atoms with E-state index in [1.165, 1.54) is 6.08 Å². The Balaban J connectivity index is 2.89. The summed E-state index contributed by atoms with van der Waals surface area (Å²) in [7, 11) is 0. The zero-order chi connectivity index (χ0) is 10.4. The number of hydrogen-bond acceptors (Lipinski definition) is 2. The maximum absolute atomic E-state index is 10.3. The highest BCUT2D eigenvalue weighted by Gasteiger charge is 1.98. The molecule has 1 rings (SSSR count). The first-order valence-electron chi connectivity index (χ1n) is 4.37. The number of hydrogen-bond donors (Lipinski definition) is 1. The standard InChI is InChI=1S/C11H12O3/c1-2-14-10-6-4-3-5-9(10)7-8-11(12)13/h3-8H,2H2,1H3,(H,12,13). The molecular formula is C11H12O3. The van der Waals surface area contributed by atoms with Crippen LogP contribution in [0.15, 0.2) is 30.3 Å². The Kier molecular flexibility index (Phi) is 3.73. The Bertz CT molecular complexity index is 342. The lowest BCUT2D eigenvalue weighted by Gasteiger charge is -2.05. The zero-order valence-corrected chi connectivity index (χ0v) is 7.93. The van der Waals surface area contributed by atoms with Gasteiger partial charge in [0.1, 0.15) is 5.75 Å². The number of benzene rings is 1. The van der Waals surface area contributed by atoms with E-state index in [1.54, 1.807) is 0 Å². The minimum atomic E-state index is -0.962. The Labute approximate surface area is 82.6 Å². The Morgan fingerprint density at radius 2 is 2.21 bits per heavy atom. The van der Waals surface area contributed by atoms with Crippen LogP contribution in [-0.2, 0) is 4.79 Å². The van der Waals surface area contributed by atoms with E-state index in [4.69, 9.17) is 9.84 Å². The van der Waals surface area contributed by atoms with Crippen molar-refractivity contribution in [3.05, 3.63) is 35.9 Å². The summed E-state index contributed by atoms with van der Waals surface area (Å²) in [5, 5.41) is 8.47. The maximum Gasteiger partial charge on any atom is 0.328 e. The van der Waals surface area contributed by atoms with Gasteiger partial charge >= 0.3 is 5.97 Å². The SMILES string of the molecule is CCOc1ccccc1C=CC(=O)O. The van der Waals surface area contributed by atoms with Crippen LogP contribution in [0.5, 0.6) is 5.75 Å². The van der Waals surface area contributed by atoms with Crippen LogP contribution < -0.4 is 4.74 Å². The third-order valence-corrected chi connectivity index (χ3v) is 1.62. The smallest absolute Gasteiger partial charge is 0.328 e. The summed E-state index contributed by atoms with van der Waals surface area (Å²) in [6.07, 6.45) is 2.62. The molecule has 0 aliphatic rings. The lowest BCUT2D eigenvalue weighted by Crippen LogP contribution is -1.93. The molecule has 0 spiro atoms. The van der Waals surface area contributed by atoms with Gasteiger partial charge in [-0.2, -0.15) is 0 Å². The second-order valence-corrected chi connectivity index (χ2v) is 2.64. The van der Waals surface area contributed by atoms with Crippen molar-refractivity contribution in [2.24, 2.45) is 0 Å². The molecule has 0 atom stereocenters. The minimum absolute atomic E-state index is 0.567. The van der Waals surface area contributed by atoms with Crippen LogP contribution in [-0.4, -0.2) is 17.7 Å². The van der Waals surface area contributed by atoms with Gasteiger partial charge in [0.05, 0.1) is 6.61 Å². The molecule has 1 N–H and O–H groups in total. The van der Waals surface area contributed by atoms with Gasteiger partial charge in [0, 0.05) is 11.6 Å². The van der Waals surface area contributed by atoms with Crippen LogP contribution in [0, 0.1) is 0 Å². The van der Waals surface area contributed by atoms with Crippen LogP contribution >= 0.6 is 0 Å². The van der Waals surface area contributed by atoms with E-state index in [0.717, 1.165) is 11.6 Å². The number of rotatable bonds is 4. The van der Waals surface area contributed by atoms with Gasteiger partial charge < -0.3 is 9.84 Å². The summed E-state index contributed by atoms with van der Waals surface area (Å²) >= 11 is 0. The van der Waals surface area contributed by atoms with Gasteiger partial charge in [0.25, 0.3) is 0 Å². The molecule has 0 bridgehead atoms. The fourth-order valence-electron chi connectivity index (χ4n) is 1.07. The van der Waals surface area contributed by atoms with E-state index >= 15 is 0 Å². The molecule has 3 nitrogen and oxygen atoms in total. The van der Waals surface area contributed by atoms with Crippen LogP contribution in [0.1, 0.15) is 12.5 Å². The third-order valence-electron chi connectivity index (χ3n) is 1.62. The molecule has 0 aliphatic heterocycles. The number of ether oxygens (including phenoxy) is 1. The molecule has 0 radical (unpaired) electrons. The highest BCUT2D eigenvalue weighted by molar-refractivity contribution is 5.85. The van der Waals surface area contributed by atoms with Gasteiger partial charge in [-0.3, -0.25) is 0 Å². The number of carboxylic acid groups (broad SMARTS) is 1. The molecule has 0 unspecified atom stereocenters. The lowest BCUT2D eigenvalue weighted by molar-refractivity contribution is -0.131. The van der Waals surface area contributed by atoms with Crippen molar-refractivity contribution in [2.45, 2.75) is 6.92 Å². The summed E-state index contributed by atoms with van der Waals surface area (Å²) in [6.45, 7) is 2.45. The van der Waals surface area contributed by atoms with Crippen molar-refractivity contribution >= 4 is 12.0 Å². The molecule has 0 fully saturated rings. The van der Waals surface area contributed by atoms with Crippen molar-refractivity contribution in [3.63, 3.8) is 0 Å². The molecule has 74 valence electrons. The summed E-state index contributed by atoms with van der Waals surface area (Å²) in [5.41, 5.74) is 0.775. The van der Waals surface area contributed by atoms with Gasteiger partial charge in [-0.05, 0) is 19.1 Å². The van der Waals surface area contributed by atoms with Crippen molar-refractivity contribution < 1.29 is 14.6 Å². The van der Waals surface area contributed by atoms with Crippen molar-refractivity contribution in [2.75, 3.05) is 6.61 Å². The van der Waals surface area contributed by atoms with E-state index in [2.05, 4.69) is 0 Å². The van der Waals surface area contributed by atoms with Crippen LogP contribution in [0.4, 0.5) is 0 Å². The van der Waals surface area contributed by atoms with E-state index in [1.807, 2.05) is 31.2 Å². The fraction of sp³-hybridized carbons (Fsp3) is 0.182. The van der Waals surface area contributed by atoms with Crippen LogP contribution in [0.3, 0.4) is 0 Å². The van der Waals surface area contributed by atoms with Gasteiger partial charge in [-0.1, -0.05) is 18.2 Å². The Morgan fingerprint density at radius 3 is 2.86 bits per heavy atom. The highest BCUT2D eigenvalue weighted by atomic mass is 16.5. The molecule has 0 heterocycles. The van der Waals surface area contributed by atoms with Crippen LogP contribution in [0.2, 0.25) is 0 Å². The molecule has 0 amide bonds. The van der Waals surface area contributed by atoms with Gasteiger partial charge in [0.2, 0.25) is 0 Å². The number of carbonyl (C=O) groups is 1. The van der Waals surface area contributed by atoms with Crippen molar-refractivity contribution in [3.8, 4) is 5.75 Å². The first kappa shape index (κ1) is 10.3. The summed E-state index contributed by atoms with van der Waals surface area (Å²) in [5.74, 6) is -0.260. The molecular weight excluding hydrogens is 180 g/mol. The van der Waals surface area contributed by atoms with Crippen LogP contribution in [0.25, 0.3) is 6.08 Å². The molecule has 0 saturated heterocycles. The predicted octanol–water partition coefficient (Wildman–Crippen LogP) is 2.18. The van der Waals surface area contributed by atoms with Crippen molar-refractivity contribution in [1.82, 2.24) is 0 Å². The lowest BCUT2D eigenvalue weighted by atomic mass is 10.2. The Morgan fingerprint density at radius 1 is 1.50 bits per heavy atom. The first-order valence-corrected chi connectivity index (χ1v) is 4.37. The normalized spacial score (nSPS) is 10.4. The molecule has 1 aromatic carbocycles. The quantitative estimate of drug-likeness (QED) is 0.744. The summed E-state index contributed by atoms with van der Waals surface area (Å²) < 4.78 is 5.33. The second-order valence-electron chi connectivity index (χ2n) is 2.64. The third kappa shape index (κ3) is 2.94. The average molecular weight is 192 g/mol. The van der Waals surface area contributed by atoms with E-state index < -0.39 is 5.97 Å². The molecule has 3 heteroatoms. The fourth-order valence-corrected chi connectivity index (χ4v) is 1.07. The predicted molar refractivity (Wildman–Crippen MR) is 54.3 cm³/mol. The number of aliphatic carboxylic acids is 1. The molecule has 0 aromatic heterocycles. The second kappa shape index (κ2) is 5.07. The first-order chi connectivity index (χ1) is 6.74. The number of carboxylic acids is 1. The zero-order valence-electron chi connectivity index (χ0n) is 7.93. The van der Waals surface area contributed by atoms with Crippen molar-refractivity contribution in [1.29, 1.82) is 0 Å².